The molecule has 2 aromatic rings. The summed E-state index contributed by atoms with van der Waals surface area (Å²) in [6.07, 6.45) is 7.54. The Balaban J connectivity index is 0.00000320. The van der Waals surface area contributed by atoms with Crippen molar-refractivity contribution in [1.82, 2.24) is 10.6 Å². The highest BCUT2D eigenvalue weighted by Gasteiger charge is 2.34. The van der Waals surface area contributed by atoms with Gasteiger partial charge in [-0.1, -0.05) is 37.5 Å². The number of nitrogens with one attached hydrogen (secondary N) is 2. The Morgan fingerprint density at radius 1 is 1.17 bits per heavy atom. The van der Waals surface area contributed by atoms with Crippen molar-refractivity contribution >= 4 is 51.1 Å². The number of thiophene rings is 1. The summed E-state index contributed by atoms with van der Waals surface area (Å²) >= 11 is 1.85. The molecular formula is C22H32IN3O2S2. The van der Waals surface area contributed by atoms with Gasteiger partial charge >= 0.3 is 0 Å². The average molecular weight is 562 g/mol. The third-order valence-corrected chi connectivity index (χ3v) is 8.14. The first-order valence-electron chi connectivity index (χ1n) is 10.1. The standard InChI is InChI=1S/C22H31N3O2S2.HI/c1-17-14-18(9-10-19(17)29(3,26)27)15-24-21(23-2)25-16-22(11-5-4-6-12-22)20-8-7-13-28-20;/h7-10,13-14H,4-6,11-12,15-16H2,1-3H3,(H2,23,24,25);1H. The second-order valence-electron chi connectivity index (χ2n) is 7.97. The highest BCUT2D eigenvalue weighted by molar-refractivity contribution is 14.0. The van der Waals surface area contributed by atoms with E-state index in [1.807, 2.05) is 30.4 Å². The van der Waals surface area contributed by atoms with Crippen molar-refractivity contribution in [2.75, 3.05) is 19.8 Å². The fourth-order valence-corrected chi connectivity index (χ4v) is 6.16. The van der Waals surface area contributed by atoms with Crippen molar-refractivity contribution in [2.24, 2.45) is 4.99 Å². The molecule has 0 aliphatic heterocycles. The molecule has 1 fully saturated rings. The van der Waals surface area contributed by atoms with E-state index in [-0.39, 0.29) is 29.4 Å². The third kappa shape index (κ3) is 6.20. The Morgan fingerprint density at radius 3 is 2.47 bits per heavy atom. The van der Waals surface area contributed by atoms with E-state index in [0.29, 0.717) is 11.4 Å². The van der Waals surface area contributed by atoms with Crippen molar-refractivity contribution in [3.63, 3.8) is 0 Å². The third-order valence-electron chi connectivity index (χ3n) is 5.77. The number of halogens is 1. The summed E-state index contributed by atoms with van der Waals surface area (Å²) in [7, 11) is -1.41. The van der Waals surface area contributed by atoms with Gasteiger partial charge in [-0.3, -0.25) is 4.99 Å². The second kappa shape index (κ2) is 10.9. The minimum absolute atomic E-state index is 0. The maximum atomic E-state index is 11.8. The molecule has 1 aromatic carbocycles. The summed E-state index contributed by atoms with van der Waals surface area (Å²) < 4.78 is 23.6. The van der Waals surface area contributed by atoms with Gasteiger partial charge in [0.2, 0.25) is 0 Å². The van der Waals surface area contributed by atoms with Crippen molar-refractivity contribution in [2.45, 2.75) is 55.9 Å². The number of hydrogen-bond acceptors (Lipinski definition) is 4. The minimum atomic E-state index is -3.19. The van der Waals surface area contributed by atoms with Gasteiger partial charge < -0.3 is 10.6 Å². The van der Waals surface area contributed by atoms with E-state index in [4.69, 9.17) is 0 Å². The quantitative estimate of drug-likeness (QED) is 0.306. The number of benzene rings is 1. The van der Waals surface area contributed by atoms with Gasteiger partial charge in [0, 0.05) is 36.7 Å². The average Bonchev–Trinajstić information content (AvgIpc) is 3.23. The summed E-state index contributed by atoms with van der Waals surface area (Å²) in [6, 6.07) is 9.88. The molecule has 1 aliphatic carbocycles. The molecule has 1 heterocycles. The fourth-order valence-electron chi connectivity index (χ4n) is 4.22. The number of rotatable bonds is 6. The zero-order valence-corrected chi connectivity index (χ0v) is 21.9. The van der Waals surface area contributed by atoms with Crippen LogP contribution in [0, 0.1) is 6.92 Å². The molecule has 0 radical (unpaired) electrons. The van der Waals surface area contributed by atoms with E-state index in [1.165, 1.54) is 43.2 Å². The lowest BCUT2D eigenvalue weighted by Gasteiger charge is -2.37. The number of guanidine groups is 1. The van der Waals surface area contributed by atoms with Crippen LogP contribution in [0.3, 0.4) is 0 Å². The van der Waals surface area contributed by atoms with Gasteiger partial charge in [0.1, 0.15) is 0 Å². The van der Waals surface area contributed by atoms with Crippen molar-refractivity contribution in [1.29, 1.82) is 0 Å². The maximum absolute atomic E-state index is 11.8. The molecule has 0 amide bonds. The predicted octanol–water partition coefficient (Wildman–Crippen LogP) is 4.65. The van der Waals surface area contributed by atoms with Gasteiger partial charge in [-0.2, -0.15) is 0 Å². The second-order valence-corrected chi connectivity index (χ2v) is 10.9. The van der Waals surface area contributed by atoms with E-state index < -0.39 is 9.84 Å². The van der Waals surface area contributed by atoms with Gasteiger partial charge in [0.15, 0.2) is 15.8 Å². The van der Waals surface area contributed by atoms with Crippen molar-refractivity contribution in [3.8, 4) is 0 Å². The zero-order chi connectivity index (χ0) is 20.9. The Labute approximate surface area is 201 Å². The molecule has 3 rings (SSSR count). The fraction of sp³-hybridized carbons (Fsp3) is 0.500. The van der Waals surface area contributed by atoms with Gasteiger partial charge in [0.05, 0.1) is 4.90 Å². The number of sulfone groups is 1. The summed E-state index contributed by atoms with van der Waals surface area (Å²) in [5.74, 6) is 0.774. The first-order valence-corrected chi connectivity index (χ1v) is 12.9. The molecule has 2 N–H and O–H groups in total. The van der Waals surface area contributed by atoms with Gasteiger partial charge in [-0.05, 0) is 48.4 Å². The highest BCUT2D eigenvalue weighted by Crippen LogP contribution is 2.41. The molecule has 5 nitrogen and oxygen atoms in total. The molecule has 0 spiro atoms. The van der Waals surface area contributed by atoms with E-state index in [2.05, 4.69) is 33.1 Å². The molecule has 30 heavy (non-hydrogen) atoms. The molecule has 1 aliphatic rings. The molecular weight excluding hydrogens is 529 g/mol. The lowest BCUT2D eigenvalue weighted by Crippen LogP contribution is -2.46. The van der Waals surface area contributed by atoms with E-state index in [1.54, 1.807) is 13.1 Å². The lowest BCUT2D eigenvalue weighted by molar-refractivity contribution is 0.296. The van der Waals surface area contributed by atoms with Crippen LogP contribution in [0.25, 0.3) is 0 Å². The Morgan fingerprint density at radius 2 is 1.90 bits per heavy atom. The van der Waals surface area contributed by atoms with Crippen LogP contribution in [-0.4, -0.2) is 34.2 Å². The van der Waals surface area contributed by atoms with Gasteiger partial charge in [-0.15, -0.1) is 35.3 Å². The van der Waals surface area contributed by atoms with Crippen LogP contribution >= 0.6 is 35.3 Å². The smallest absolute Gasteiger partial charge is 0.191 e. The van der Waals surface area contributed by atoms with Crippen LogP contribution in [-0.2, 0) is 21.8 Å². The molecule has 0 atom stereocenters. The largest absolute Gasteiger partial charge is 0.355 e. The topological polar surface area (TPSA) is 70.6 Å². The number of hydrogen-bond donors (Lipinski definition) is 2. The molecule has 1 aromatic heterocycles. The molecule has 0 saturated heterocycles. The van der Waals surface area contributed by atoms with Crippen molar-refractivity contribution in [3.05, 3.63) is 51.7 Å². The van der Waals surface area contributed by atoms with Crippen molar-refractivity contribution < 1.29 is 8.42 Å². The van der Waals surface area contributed by atoms with E-state index >= 15 is 0 Å². The van der Waals surface area contributed by atoms with Crippen LogP contribution in [0.1, 0.15) is 48.1 Å². The first kappa shape index (κ1) is 25.1. The number of aryl methyl sites for hydroxylation is 1. The Kier molecular flexibility index (Phi) is 9.17. The zero-order valence-electron chi connectivity index (χ0n) is 17.9. The minimum Gasteiger partial charge on any atom is -0.355 e. The summed E-state index contributed by atoms with van der Waals surface area (Å²) in [4.78, 5) is 6.23. The summed E-state index contributed by atoms with van der Waals surface area (Å²) in [5, 5.41) is 9.07. The number of aliphatic imine (C=N–C) groups is 1. The highest BCUT2D eigenvalue weighted by atomic mass is 127. The normalized spacial score (nSPS) is 16.6. The van der Waals surface area contributed by atoms with Crippen LogP contribution in [0.5, 0.6) is 0 Å². The molecule has 0 unspecified atom stereocenters. The number of nitrogens with zero attached hydrogens (tertiary/aromatic N) is 1. The maximum Gasteiger partial charge on any atom is 0.191 e. The van der Waals surface area contributed by atoms with Crippen LogP contribution in [0.4, 0.5) is 0 Å². The molecule has 166 valence electrons. The van der Waals surface area contributed by atoms with E-state index in [9.17, 15) is 8.42 Å². The van der Waals surface area contributed by atoms with Crippen LogP contribution in [0.2, 0.25) is 0 Å². The monoisotopic (exact) mass is 561 g/mol. The van der Waals surface area contributed by atoms with Crippen LogP contribution < -0.4 is 10.6 Å². The predicted molar refractivity (Wildman–Crippen MR) is 137 cm³/mol. The summed E-state index contributed by atoms with van der Waals surface area (Å²) in [5.41, 5.74) is 2.00. The molecule has 8 heteroatoms. The van der Waals surface area contributed by atoms with E-state index in [0.717, 1.165) is 23.6 Å². The van der Waals surface area contributed by atoms with Gasteiger partial charge in [-0.25, -0.2) is 8.42 Å². The van der Waals surface area contributed by atoms with Gasteiger partial charge in [0.25, 0.3) is 0 Å². The Bertz CT molecular complexity index is 951. The molecule has 1 saturated carbocycles. The molecule has 0 bridgehead atoms. The lowest BCUT2D eigenvalue weighted by atomic mass is 9.73. The summed E-state index contributed by atoms with van der Waals surface area (Å²) in [6.45, 7) is 3.30. The Hall–Kier alpha value is -1.13. The van der Waals surface area contributed by atoms with Crippen LogP contribution in [0.15, 0.2) is 45.6 Å². The first-order chi connectivity index (χ1) is 13.8. The SMILES string of the molecule is CN=C(NCc1ccc(S(C)(=O)=O)c(C)c1)NCC1(c2cccs2)CCCCC1.I.